The van der Waals surface area contributed by atoms with Crippen LogP contribution in [0.1, 0.15) is 82.1 Å². The van der Waals surface area contributed by atoms with Crippen LogP contribution >= 0.6 is 0 Å². The molecule has 1 N–H and O–H groups in total. The monoisotopic (exact) mass is 653 g/mol. The van der Waals surface area contributed by atoms with E-state index in [2.05, 4.69) is 0 Å². The zero-order valence-corrected chi connectivity index (χ0v) is 30.3. The van der Waals surface area contributed by atoms with E-state index in [0.717, 1.165) is 33.4 Å². The smallest absolute Gasteiger partial charge is 0.329 e. The summed E-state index contributed by atoms with van der Waals surface area (Å²) >= 11 is 0. The highest BCUT2D eigenvalue weighted by molar-refractivity contribution is 6.01. The molecule has 0 amide bonds. The van der Waals surface area contributed by atoms with E-state index >= 15 is 0 Å². The number of hydrogen-bond donors (Lipinski definition) is 1. The molecule has 2 unspecified atom stereocenters. The van der Waals surface area contributed by atoms with Gasteiger partial charge in [-0.25, -0.2) is 9.90 Å². The van der Waals surface area contributed by atoms with Crippen LogP contribution in [0.25, 0.3) is 0 Å². The average Bonchev–Trinajstić information content (AvgIpc) is 2.98. The summed E-state index contributed by atoms with van der Waals surface area (Å²) in [4.78, 5) is 35.8. The van der Waals surface area contributed by atoms with E-state index in [1.165, 1.54) is 0 Å². The lowest BCUT2D eigenvalue weighted by Gasteiger charge is -2.36. The lowest BCUT2D eigenvalue weighted by Crippen LogP contribution is -2.38. The van der Waals surface area contributed by atoms with Gasteiger partial charge in [-0.15, -0.1) is 0 Å². The van der Waals surface area contributed by atoms with E-state index in [1.807, 2.05) is 140 Å². The number of carboxylic acid groups (broad SMARTS) is 1. The first kappa shape index (κ1) is 40.0. The van der Waals surface area contributed by atoms with E-state index in [0.29, 0.717) is 24.0 Å². The third-order valence-electron chi connectivity index (χ3n) is 8.68. The number of ketones is 2. The first-order chi connectivity index (χ1) is 22.4. The van der Waals surface area contributed by atoms with Crippen molar-refractivity contribution in [3.05, 3.63) is 130 Å². The van der Waals surface area contributed by atoms with Gasteiger partial charge in [0.15, 0.2) is 17.7 Å². The minimum absolute atomic E-state index is 0.157. The summed E-state index contributed by atoms with van der Waals surface area (Å²) in [5, 5.41) is 20.9. The molecule has 0 spiro atoms. The standard InChI is InChI=1S/C42H53O6/c1-28(17-13-19-30(3)21-23-34-32(5)39(46)36(43)25-41(34,7)8)15-11-12-16-29(2)18-14-20-31(4)22-24-35-33(6)40(47)37(26-42(35,9)10)48-27-38(44)45/h11-24,36-37H,25-27H2,1-10H3,(H,44,45). The largest absolute Gasteiger partial charge is 0.480 e. The zero-order chi connectivity index (χ0) is 36.2. The fraction of sp³-hybridized carbons (Fsp3) is 0.405. The Labute approximate surface area is 287 Å². The maximum Gasteiger partial charge on any atom is 0.329 e. The molecule has 2 aliphatic rings. The fourth-order valence-corrected chi connectivity index (χ4v) is 5.87. The summed E-state index contributed by atoms with van der Waals surface area (Å²) in [6.07, 6.45) is 26.9. The molecule has 0 aromatic carbocycles. The average molecular weight is 654 g/mol. The van der Waals surface area contributed by atoms with E-state index in [9.17, 15) is 19.5 Å². The Morgan fingerprint density at radius 3 is 1.54 bits per heavy atom. The molecule has 0 bridgehead atoms. The number of allylic oxidation sites excluding steroid dienone is 20. The third-order valence-corrected chi connectivity index (χ3v) is 8.68. The summed E-state index contributed by atoms with van der Waals surface area (Å²) in [6, 6.07) is 0. The Morgan fingerprint density at radius 1 is 0.688 bits per heavy atom. The van der Waals surface area contributed by atoms with Crippen molar-refractivity contribution < 1.29 is 29.3 Å². The van der Waals surface area contributed by atoms with Gasteiger partial charge in [-0.2, -0.15) is 0 Å². The number of aliphatic carboxylic acids is 1. The molecule has 1 radical (unpaired) electrons. The van der Waals surface area contributed by atoms with Crippen molar-refractivity contribution in [2.75, 3.05) is 6.61 Å². The molecule has 0 saturated carbocycles. The van der Waals surface area contributed by atoms with Gasteiger partial charge in [-0.3, -0.25) is 9.59 Å². The fourth-order valence-electron chi connectivity index (χ4n) is 5.87. The molecule has 6 nitrogen and oxygen atoms in total. The van der Waals surface area contributed by atoms with Crippen molar-refractivity contribution in [1.82, 2.24) is 0 Å². The van der Waals surface area contributed by atoms with Crippen molar-refractivity contribution in [2.24, 2.45) is 10.8 Å². The molecular weight excluding hydrogens is 600 g/mol. The SMILES string of the molecule is CC(C=CC=C(C)C=CC1=C(C)C(=O)C([O])CC1(C)C)=CC=CC=C(C)C=CC=C(C)C=CC1=C(C)C(=O)C(OCC(=O)O)CC1(C)C. The quantitative estimate of drug-likeness (QED) is 0.200. The minimum Gasteiger partial charge on any atom is -0.480 e. The molecule has 0 aromatic rings. The maximum atomic E-state index is 12.8. The highest BCUT2D eigenvalue weighted by Crippen LogP contribution is 2.41. The molecule has 0 aromatic heterocycles. The van der Waals surface area contributed by atoms with Crippen LogP contribution in [-0.2, 0) is 24.2 Å². The Balaban J connectivity index is 1.96. The normalized spacial score (nSPS) is 23.4. The molecule has 0 saturated heterocycles. The summed E-state index contributed by atoms with van der Waals surface area (Å²) in [5.41, 5.74) is 6.69. The zero-order valence-electron chi connectivity index (χ0n) is 30.3. The molecular formula is C42H53O6. The second kappa shape index (κ2) is 17.9. The Morgan fingerprint density at radius 2 is 1.08 bits per heavy atom. The van der Waals surface area contributed by atoms with Gasteiger partial charge in [0.05, 0.1) is 0 Å². The highest BCUT2D eigenvalue weighted by Gasteiger charge is 2.39. The topological polar surface area (TPSA) is 101 Å². The molecule has 2 rings (SSSR count). The lowest BCUT2D eigenvalue weighted by molar-refractivity contribution is -0.148. The number of rotatable bonds is 13. The minimum atomic E-state index is -1.17. The Bertz CT molecular complexity index is 1590. The van der Waals surface area contributed by atoms with Gasteiger partial charge >= 0.3 is 5.97 Å². The first-order valence-electron chi connectivity index (χ1n) is 16.4. The number of carbonyl (C=O) groups is 3. The van der Waals surface area contributed by atoms with Crippen molar-refractivity contribution >= 4 is 17.5 Å². The van der Waals surface area contributed by atoms with E-state index in [1.54, 1.807) is 13.8 Å². The van der Waals surface area contributed by atoms with E-state index in [4.69, 9.17) is 9.84 Å². The number of carboxylic acids is 1. The number of ether oxygens (including phenoxy) is 1. The van der Waals surface area contributed by atoms with Crippen LogP contribution in [0.4, 0.5) is 0 Å². The second-order valence-corrected chi connectivity index (χ2v) is 14.1. The van der Waals surface area contributed by atoms with Crippen molar-refractivity contribution in [3.63, 3.8) is 0 Å². The van der Waals surface area contributed by atoms with E-state index in [-0.39, 0.29) is 22.4 Å². The van der Waals surface area contributed by atoms with Gasteiger partial charge in [0.1, 0.15) is 12.7 Å². The van der Waals surface area contributed by atoms with Crippen molar-refractivity contribution in [1.29, 1.82) is 0 Å². The molecule has 48 heavy (non-hydrogen) atoms. The van der Waals surface area contributed by atoms with Gasteiger partial charge in [-0.1, -0.05) is 135 Å². The lowest BCUT2D eigenvalue weighted by atomic mass is 9.71. The number of carbonyl (C=O) groups excluding carboxylic acids is 2. The summed E-state index contributed by atoms with van der Waals surface area (Å²) < 4.78 is 5.35. The first-order valence-corrected chi connectivity index (χ1v) is 16.4. The van der Waals surface area contributed by atoms with Crippen LogP contribution in [0.2, 0.25) is 0 Å². The van der Waals surface area contributed by atoms with Crippen LogP contribution in [0.5, 0.6) is 0 Å². The molecule has 0 heterocycles. The number of Topliss-reactive ketones (excluding diaryl/α,β-unsaturated/α-hetero) is 2. The summed E-state index contributed by atoms with van der Waals surface area (Å²) in [5.74, 6) is -1.53. The van der Waals surface area contributed by atoms with Crippen LogP contribution in [0, 0.1) is 10.8 Å². The predicted molar refractivity (Wildman–Crippen MR) is 195 cm³/mol. The van der Waals surface area contributed by atoms with Gasteiger partial charge in [-0.05, 0) is 87.5 Å². The molecule has 257 valence electrons. The predicted octanol–water partition coefficient (Wildman–Crippen LogP) is 9.45. The Hall–Kier alpha value is -4.13. The van der Waals surface area contributed by atoms with Crippen LogP contribution in [-0.4, -0.2) is 41.5 Å². The van der Waals surface area contributed by atoms with Crippen LogP contribution < -0.4 is 0 Å². The van der Waals surface area contributed by atoms with Crippen LogP contribution in [0.3, 0.4) is 0 Å². The van der Waals surface area contributed by atoms with Gasteiger partial charge in [0, 0.05) is 0 Å². The highest BCUT2D eigenvalue weighted by atomic mass is 16.5. The molecule has 6 heteroatoms. The summed E-state index contributed by atoms with van der Waals surface area (Å²) in [6.45, 7) is 19.2. The molecule has 0 aliphatic heterocycles. The second-order valence-electron chi connectivity index (χ2n) is 14.1. The van der Waals surface area contributed by atoms with Crippen molar-refractivity contribution in [2.45, 2.75) is 94.3 Å². The number of hydrogen-bond acceptors (Lipinski definition) is 4. The third kappa shape index (κ3) is 12.1. The summed E-state index contributed by atoms with van der Waals surface area (Å²) in [7, 11) is 0. The molecule has 2 aliphatic carbocycles. The van der Waals surface area contributed by atoms with Crippen molar-refractivity contribution in [3.8, 4) is 0 Å². The molecule has 0 fully saturated rings. The molecule has 2 atom stereocenters. The van der Waals surface area contributed by atoms with Gasteiger partial charge < -0.3 is 9.84 Å². The maximum absolute atomic E-state index is 12.8. The van der Waals surface area contributed by atoms with Gasteiger partial charge in [0.2, 0.25) is 0 Å². The van der Waals surface area contributed by atoms with Crippen LogP contribution in [0.15, 0.2) is 130 Å². The van der Waals surface area contributed by atoms with Gasteiger partial charge in [0.25, 0.3) is 0 Å². The Kier molecular flexibility index (Phi) is 14.9. The van der Waals surface area contributed by atoms with E-state index < -0.39 is 24.8 Å².